The lowest BCUT2D eigenvalue weighted by molar-refractivity contribution is 0.0784. The normalized spacial score (nSPS) is 10.7. The van der Waals surface area contributed by atoms with Crippen LogP contribution in [0.1, 0.15) is 28.4 Å². The Balaban J connectivity index is 1.81. The Kier molecular flexibility index (Phi) is 5.07. The number of aromatic amines is 1. The topological polar surface area (TPSA) is 62.4 Å². The van der Waals surface area contributed by atoms with Crippen LogP contribution in [0, 0.1) is 6.92 Å². The number of hydrogen-bond acceptors (Lipinski definition) is 3. The summed E-state index contributed by atoms with van der Waals surface area (Å²) < 4.78 is 5.39. The molecule has 26 heavy (non-hydrogen) atoms. The average molecular weight is 350 g/mol. The van der Waals surface area contributed by atoms with Crippen molar-refractivity contribution in [2.75, 3.05) is 13.7 Å². The molecular formula is C21H22N2O3. The highest BCUT2D eigenvalue weighted by Gasteiger charge is 2.14. The number of carbonyl (C=O) groups is 1. The smallest absolute Gasteiger partial charge is 0.253 e. The molecule has 0 fully saturated rings. The summed E-state index contributed by atoms with van der Waals surface area (Å²) in [4.78, 5) is 29.5. The van der Waals surface area contributed by atoms with Gasteiger partial charge in [-0.1, -0.05) is 18.2 Å². The largest absolute Gasteiger partial charge is 0.494 e. The van der Waals surface area contributed by atoms with Gasteiger partial charge in [0.2, 0.25) is 0 Å². The van der Waals surface area contributed by atoms with Gasteiger partial charge in [0, 0.05) is 18.2 Å². The van der Waals surface area contributed by atoms with Crippen molar-refractivity contribution in [1.82, 2.24) is 9.88 Å². The maximum absolute atomic E-state index is 12.6. The second kappa shape index (κ2) is 7.44. The van der Waals surface area contributed by atoms with E-state index in [9.17, 15) is 9.59 Å². The molecule has 1 heterocycles. The van der Waals surface area contributed by atoms with Crippen molar-refractivity contribution in [3.8, 4) is 5.75 Å². The Morgan fingerprint density at radius 2 is 1.88 bits per heavy atom. The van der Waals surface area contributed by atoms with Crippen molar-refractivity contribution in [2.45, 2.75) is 20.4 Å². The molecule has 0 saturated carbocycles. The molecule has 0 aliphatic heterocycles. The molecule has 2 aromatic carbocycles. The van der Waals surface area contributed by atoms with E-state index in [0.717, 1.165) is 22.2 Å². The number of pyridine rings is 1. The molecule has 0 atom stereocenters. The van der Waals surface area contributed by atoms with Crippen LogP contribution < -0.4 is 10.3 Å². The molecule has 0 saturated heterocycles. The quantitative estimate of drug-likeness (QED) is 0.766. The summed E-state index contributed by atoms with van der Waals surface area (Å²) in [5.41, 5.74) is 2.80. The molecule has 1 N–H and O–H groups in total. The number of ether oxygens (including phenoxy) is 1. The molecule has 0 spiro atoms. The van der Waals surface area contributed by atoms with Crippen molar-refractivity contribution in [3.05, 3.63) is 75.6 Å². The molecule has 5 heteroatoms. The molecule has 0 radical (unpaired) electrons. The van der Waals surface area contributed by atoms with Gasteiger partial charge in [0.25, 0.3) is 11.5 Å². The maximum atomic E-state index is 12.6. The van der Waals surface area contributed by atoms with Crippen LogP contribution in [0.2, 0.25) is 0 Å². The van der Waals surface area contributed by atoms with E-state index in [0.29, 0.717) is 17.7 Å². The minimum atomic E-state index is -0.168. The van der Waals surface area contributed by atoms with Crippen LogP contribution in [-0.4, -0.2) is 29.4 Å². The highest BCUT2D eigenvalue weighted by atomic mass is 16.5. The van der Waals surface area contributed by atoms with E-state index in [1.807, 2.05) is 38.1 Å². The third-order valence-corrected chi connectivity index (χ3v) is 4.33. The molecule has 0 bridgehead atoms. The number of aromatic nitrogens is 1. The van der Waals surface area contributed by atoms with E-state index in [2.05, 4.69) is 4.98 Å². The fourth-order valence-electron chi connectivity index (χ4n) is 2.95. The first-order chi connectivity index (χ1) is 12.5. The zero-order valence-corrected chi connectivity index (χ0v) is 15.2. The van der Waals surface area contributed by atoms with Gasteiger partial charge in [-0.05, 0) is 55.1 Å². The summed E-state index contributed by atoms with van der Waals surface area (Å²) in [7, 11) is 1.69. The number of H-pyrrole nitrogens is 1. The average Bonchev–Trinajstić information content (AvgIpc) is 2.63. The lowest BCUT2D eigenvalue weighted by Gasteiger charge is -2.17. The third-order valence-electron chi connectivity index (χ3n) is 4.33. The van der Waals surface area contributed by atoms with Crippen LogP contribution in [0.4, 0.5) is 0 Å². The SMILES string of the molecule is CCOc1ccc(C(=O)N(C)Cc2cc3cccc(C)c3[nH]c2=O)cc1. The number of benzene rings is 2. The van der Waals surface area contributed by atoms with E-state index in [4.69, 9.17) is 4.74 Å². The fourth-order valence-corrected chi connectivity index (χ4v) is 2.95. The highest BCUT2D eigenvalue weighted by Crippen LogP contribution is 2.17. The summed E-state index contributed by atoms with van der Waals surface area (Å²) in [5, 5.41) is 0.960. The van der Waals surface area contributed by atoms with E-state index >= 15 is 0 Å². The van der Waals surface area contributed by atoms with Crippen molar-refractivity contribution in [3.63, 3.8) is 0 Å². The van der Waals surface area contributed by atoms with Gasteiger partial charge < -0.3 is 14.6 Å². The first-order valence-corrected chi connectivity index (χ1v) is 8.59. The zero-order chi connectivity index (χ0) is 18.7. The summed E-state index contributed by atoms with van der Waals surface area (Å²) >= 11 is 0. The van der Waals surface area contributed by atoms with Crippen molar-refractivity contribution >= 4 is 16.8 Å². The summed E-state index contributed by atoms with van der Waals surface area (Å²) in [6, 6.07) is 14.7. The fraction of sp³-hybridized carbons (Fsp3) is 0.238. The lowest BCUT2D eigenvalue weighted by Crippen LogP contribution is -2.29. The van der Waals surface area contributed by atoms with E-state index in [-0.39, 0.29) is 18.0 Å². The molecule has 134 valence electrons. The van der Waals surface area contributed by atoms with E-state index in [1.54, 1.807) is 36.2 Å². The van der Waals surface area contributed by atoms with Gasteiger partial charge in [0.15, 0.2) is 0 Å². The number of fused-ring (bicyclic) bond motifs is 1. The number of aryl methyl sites for hydroxylation is 1. The molecule has 1 aromatic heterocycles. The molecule has 5 nitrogen and oxygen atoms in total. The minimum absolute atomic E-state index is 0.142. The van der Waals surface area contributed by atoms with Gasteiger partial charge in [-0.2, -0.15) is 0 Å². The van der Waals surface area contributed by atoms with Crippen LogP contribution in [0.15, 0.2) is 53.3 Å². The summed E-state index contributed by atoms with van der Waals surface area (Å²) in [5.74, 6) is 0.588. The highest BCUT2D eigenvalue weighted by molar-refractivity contribution is 5.94. The van der Waals surface area contributed by atoms with Crippen LogP contribution in [0.3, 0.4) is 0 Å². The second-order valence-corrected chi connectivity index (χ2v) is 6.28. The van der Waals surface area contributed by atoms with Gasteiger partial charge in [0.05, 0.1) is 18.7 Å². The molecule has 3 aromatic rings. The second-order valence-electron chi connectivity index (χ2n) is 6.28. The minimum Gasteiger partial charge on any atom is -0.494 e. The Hall–Kier alpha value is -3.08. The third kappa shape index (κ3) is 3.61. The molecule has 0 aliphatic carbocycles. The van der Waals surface area contributed by atoms with Crippen molar-refractivity contribution < 1.29 is 9.53 Å². The predicted octanol–water partition coefficient (Wildman–Crippen LogP) is 3.51. The number of nitrogens with one attached hydrogen (secondary N) is 1. The molecular weight excluding hydrogens is 328 g/mol. The Morgan fingerprint density at radius 3 is 2.58 bits per heavy atom. The van der Waals surface area contributed by atoms with Crippen molar-refractivity contribution in [1.29, 1.82) is 0 Å². The van der Waals surface area contributed by atoms with Crippen molar-refractivity contribution in [2.24, 2.45) is 0 Å². The number of carbonyl (C=O) groups excluding carboxylic acids is 1. The first-order valence-electron chi connectivity index (χ1n) is 8.59. The van der Waals surface area contributed by atoms with Gasteiger partial charge in [-0.25, -0.2) is 0 Å². The number of para-hydroxylation sites is 1. The van der Waals surface area contributed by atoms with Gasteiger partial charge in [-0.15, -0.1) is 0 Å². The van der Waals surface area contributed by atoms with Gasteiger partial charge in [-0.3, -0.25) is 9.59 Å². The standard InChI is InChI=1S/C21H22N2O3/c1-4-26-18-10-8-15(9-11-18)21(25)23(3)13-17-12-16-7-5-6-14(2)19(16)22-20(17)24/h5-12H,4,13H2,1-3H3,(H,22,24). The van der Waals surface area contributed by atoms with Gasteiger partial charge in [0.1, 0.15) is 5.75 Å². The predicted molar refractivity (Wildman–Crippen MR) is 103 cm³/mol. The van der Waals surface area contributed by atoms with Crippen LogP contribution in [-0.2, 0) is 6.54 Å². The number of hydrogen-bond donors (Lipinski definition) is 1. The van der Waals surface area contributed by atoms with E-state index < -0.39 is 0 Å². The summed E-state index contributed by atoms with van der Waals surface area (Å²) in [6.45, 7) is 4.69. The Bertz CT molecular complexity index is 990. The lowest BCUT2D eigenvalue weighted by atomic mass is 10.1. The maximum Gasteiger partial charge on any atom is 0.253 e. The molecule has 3 rings (SSSR count). The van der Waals surface area contributed by atoms with Crippen LogP contribution >= 0.6 is 0 Å². The first kappa shape index (κ1) is 17.7. The van der Waals surface area contributed by atoms with E-state index in [1.165, 1.54) is 0 Å². The summed E-state index contributed by atoms with van der Waals surface area (Å²) in [6.07, 6.45) is 0. The zero-order valence-electron chi connectivity index (χ0n) is 15.2. The molecule has 0 aliphatic rings. The Labute approximate surface area is 152 Å². The van der Waals surface area contributed by atoms with Crippen LogP contribution in [0.5, 0.6) is 5.75 Å². The number of nitrogens with zero attached hydrogens (tertiary/aromatic N) is 1. The number of rotatable bonds is 5. The molecule has 0 unspecified atom stereocenters. The molecule has 1 amide bonds. The van der Waals surface area contributed by atoms with Crippen LogP contribution in [0.25, 0.3) is 10.9 Å². The monoisotopic (exact) mass is 350 g/mol. The number of amides is 1. The Morgan fingerprint density at radius 1 is 1.15 bits per heavy atom. The van der Waals surface area contributed by atoms with Gasteiger partial charge >= 0.3 is 0 Å².